The summed E-state index contributed by atoms with van der Waals surface area (Å²) < 4.78 is 63.2. The molecular weight excluding hydrogens is 543 g/mol. The number of alkyl halides is 5. The van der Waals surface area contributed by atoms with Gasteiger partial charge < -0.3 is 15.3 Å². The molecule has 0 heterocycles. The lowest BCUT2D eigenvalue weighted by Crippen LogP contribution is -2.36. The van der Waals surface area contributed by atoms with E-state index in [0.717, 1.165) is 51.4 Å². The van der Waals surface area contributed by atoms with Crippen molar-refractivity contribution >= 4 is 5.97 Å². The number of phenolic OH excluding ortho intramolecular Hbond substituents is 2. The van der Waals surface area contributed by atoms with Crippen LogP contribution in [0.5, 0.6) is 11.5 Å². The van der Waals surface area contributed by atoms with Crippen molar-refractivity contribution in [2.24, 2.45) is 5.92 Å². The third-order valence-corrected chi connectivity index (χ3v) is 8.81. The van der Waals surface area contributed by atoms with Gasteiger partial charge in [-0.25, -0.2) is 0 Å². The molecule has 0 fully saturated rings. The van der Waals surface area contributed by atoms with Crippen LogP contribution >= 0.6 is 0 Å². The fraction of sp³-hybridized carbons (Fsp3) is 0.594. The van der Waals surface area contributed by atoms with Crippen LogP contribution in [0.4, 0.5) is 22.0 Å². The molecule has 0 saturated heterocycles. The number of aliphatic carboxylic acids is 1. The molecule has 0 aromatic heterocycles. The van der Waals surface area contributed by atoms with E-state index in [2.05, 4.69) is 6.92 Å². The number of aromatic hydroxyl groups is 2. The Labute approximate surface area is 238 Å². The van der Waals surface area contributed by atoms with Gasteiger partial charge in [-0.1, -0.05) is 63.6 Å². The van der Waals surface area contributed by atoms with Gasteiger partial charge in [0, 0.05) is 6.42 Å². The largest absolute Gasteiger partial charge is 0.508 e. The summed E-state index contributed by atoms with van der Waals surface area (Å²) in [5, 5.41) is 29.1. The highest BCUT2D eigenvalue weighted by Gasteiger charge is 2.56. The molecule has 1 unspecified atom stereocenters. The summed E-state index contributed by atoms with van der Waals surface area (Å²) in [5.74, 6) is -6.12. The van der Waals surface area contributed by atoms with Gasteiger partial charge in [-0.3, -0.25) is 4.79 Å². The van der Waals surface area contributed by atoms with Crippen LogP contribution in [0.3, 0.4) is 0 Å². The molecule has 228 valence electrons. The number of carboxylic acids is 1. The lowest BCUT2D eigenvalue weighted by Gasteiger charge is -2.43. The number of rotatable bonds is 15. The number of phenols is 2. The average Bonchev–Trinajstić information content (AvgIpc) is 2.89. The Morgan fingerprint density at radius 1 is 0.878 bits per heavy atom. The summed E-state index contributed by atoms with van der Waals surface area (Å²) in [6, 6.07) is 13.0. The standard InChI is InChI=1S/C32H41F5O4/c1-30(24-12-14-25(38)15-13-24)20-18-23-21-26(39)16-17-27(23)28(30)11-7-5-3-2-4-6-9-22(29(40)41)10-8-19-31(33,34)32(35,36)37/h12-17,21-22,28,38-39H,2-11,18-20H2,1H3,(H,40,41)/t22?,28-,30+/m1/s1. The van der Waals surface area contributed by atoms with Crippen molar-refractivity contribution in [2.45, 2.75) is 114 Å². The van der Waals surface area contributed by atoms with Crippen LogP contribution in [0, 0.1) is 5.92 Å². The van der Waals surface area contributed by atoms with E-state index in [4.69, 9.17) is 0 Å². The Bertz CT molecular complexity index is 1130. The number of benzene rings is 2. The number of carbonyl (C=O) groups is 1. The second-order valence-corrected chi connectivity index (χ2v) is 11.7. The van der Waals surface area contributed by atoms with Crippen LogP contribution in [0.1, 0.15) is 107 Å². The molecule has 0 amide bonds. The Morgan fingerprint density at radius 2 is 1.46 bits per heavy atom. The average molecular weight is 585 g/mol. The van der Waals surface area contributed by atoms with Gasteiger partial charge >= 0.3 is 18.1 Å². The van der Waals surface area contributed by atoms with Gasteiger partial charge in [0.15, 0.2) is 0 Å². The summed E-state index contributed by atoms with van der Waals surface area (Å²) in [6.45, 7) is 2.27. The van der Waals surface area contributed by atoms with Crippen molar-refractivity contribution < 1.29 is 42.1 Å². The summed E-state index contributed by atoms with van der Waals surface area (Å²) in [5.41, 5.74) is 3.47. The Balaban J connectivity index is 1.45. The molecule has 3 rings (SSSR count). The molecule has 4 nitrogen and oxygen atoms in total. The molecule has 0 radical (unpaired) electrons. The highest BCUT2D eigenvalue weighted by Crippen LogP contribution is 2.50. The molecule has 0 spiro atoms. The van der Waals surface area contributed by atoms with Gasteiger partial charge in [0.2, 0.25) is 0 Å². The SMILES string of the molecule is C[C@@]1(c2ccc(O)cc2)CCc2cc(O)ccc2[C@H]1CCCCCCCCC(CCCC(F)(F)C(F)(F)F)C(=O)O. The van der Waals surface area contributed by atoms with Crippen molar-refractivity contribution in [3.8, 4) is 11.5 Å². The van der Waals surface area contributed by atoms with Crippen molar-refractivity contribution in [3.63, 3.8) is 0 Å². The maximum Gasteiger partial charge on any atom is 0.453 e. The zero-order valence-electron chi connectivity index (χ0n) is 23.5. The summed E-state index contributed by atoms with van der Waals surface area (Å²) in [6.07, 6.45) is 0.525. The number of unbranched alkanes of at least 4 members (excludes halogenated alkanes) is 5. The molecule has 2 aromatic rings. The predicted octanol–water partition coefficient (Wildman–Crippen LogP) is 9.28. The Hall–Kier alpha value is -2.84. The minimum absolute atomic E-state index is 0.117. The number of aryl methyl sites for hydroxylation is 1. The third-order valence-electron chi connectivity index (χ3n) is 8.81. The maximum absolute atomic E-state index is 13.1. The molecule has 9 heteroatoms. The van der Waals surface area contributed by atoms with E-state index in [1.807, 2.05) is 24.3 Å². The number of carboxylic acid groups (broad SMARTS) is 1. The first-order valence-electron chi connectivity index (χ1n) is 14.5. The van der Waals surface area contributed by atoms with E-state index < -0.39 is 36.8 Å². The first-order chi connectivity index (χ1) is 19.2. The van der Waals surface area contributed by atoms with Crippen LogP contribution in [-0.2, 0) is 16.6 Å². The van der Waals surface area contributed by atoms with Crippen LogP contribution in [0.2, 0.25) is 0 Å². The molecule has 0 bridgehead atoms. The van der Waals surface area contributed by atoms with Gasteiger partial charge in [-0.2, -0.15) is 22.0 Å². The van der Waals surface area contributed by atoms with Gasteiger partial charge in [0.25, 0.3) is 0 Å². The monoisotopic (exact) mass is 584 g/mol. The van der Waals surface area contributed by atoms with E-state index >= 15 is 0 Å². The number of fused-ring (bicyclic) bond motifs is 1. The van der Waals surface area contributed by atoms with Gasteiger partial charge in [0.1, 0.15) is 11.5 Å². The number of hydrogen-bond acceptors (Lipinski definition) is 3. The van der Waals surface area contributed by atoms with Crippen LogP contribution < -0.4 is 0 Å². The first kappa shape index (κ1) is 32.7. The number of halogens is 5. The van der Waals surface area contributed by atoms with E-state index in [0.29, 0.717) is 6.42 Å². The molecule has 41 heavy (non-hydrogen) atoms. The highest BCUT2D eigenvalue weighted by atomic mass is 19.4. The Morgan fingerprint density at radius 3 is 2.10 bits per heavy atom. The molecule has 3 atom stereocenters. The van der Waals surface area contributed by atoms with E-state index in [9.17, 15) is 42.1 Å². The molecule has 0 aliphatic heterocycles. The third kappa shape index (κ3) is 8.58. The molecule has 1 aliphatic carbocycles. The second kappa shape index (κ2) is 13.9. The van der Waals surface area contributed by atoms with Crippen molar-refractivity contribution in [1.82, 2.24) is 0 Å². The normalized spacial score (nSPS) is 20.0. The fourth-order valence-corrected chi connectivity index (χ4v) is 6.27. The van der Waals surface area contributed by atoms with E-state index in [1.165, 1.54) is 16.7 Å². The minimum Gasteiger partial charge on any atom is -0.508 e. The van der Waals surface area contributed by atoms with E-state index in [1.54, 1.807) is 18.2 Å². The lowest BCUT2D eigenvalue weighted by molar-refractivity contribution is -0.284. The minimum atomic E-state index is -5.61. The first-order valence-corrected chi connectivity index (χ1v) is 14.5. The highest BCUT2D eigenvalue weighted by molar-refractivity contribution is 5.69. The molecule has 3 N–H and O–H groups in total. The van der Waals surface area contributed by atoms with Crippen molar-refractivity contribution in [1.29, 1.82) is 0 Å². The lowest BCUT2D eigenvalue weighted by atomic mass is 9.60. The molecular formula is C32H41F5O4. The zero-order chi connectivity index (χ0) is 30.3. The topological polar surface area (TPSA) is 77.8 Å². The molecule has 2 aromatic carbocycles. The second-order valence-electron chi connectivity index (χ2n) is 11.7. The van der Waals surface area contributed by atoms with Gasteiger partial charge in [0.05, 0.1) is 5.92 Å². The van der Waals surface area contributed by atoms with E-state index in [-0.39, 0.29) is 35.7 Å². The smallest absolute Gasteiger partial charge is 0.453 e. The number of hydrogen-bond donors (Lipinski definition) is 3. The summed E-state index contributed by atoms with van der Waals surface area (Å²) >= 11 is 0. The Kier molecular flexibility index (Phi) is 11.1. The molecule has 0 saturated carbocycles. The van der Waals surface area contributed by atoms with Crippen molar-refractivity contribution in [3.05, 3.63) is 59.2 Å². The van der Waals surface area contributed by atoms with Gasteiger partial charge in [-0.05, 0) is 90.8 Å². The summed E-state index contributed by atoms with van der Waals surface area (Å²) in [4.78, 5) is 11.4. The predicted molar refractivity (Wildman–Crippen MR) is 148 cm³/mol. The van der Waals surface area contributed by atoms with Crippen LogP contribution in [0.25, 0.3) is 0 Å². The zero-order valence-corrected chi connectivity index (χ0v) is 23.5. The van der Waals surface area contributed by atoms with Crippen molar-refractivity contribution in [2.75, 3.05) is 0 Å². The fourth-order valence-electron chi connectivity index (χ4n) is 6.27. The maximum atomic E-state index is 13.1. The van der Waals surface area contributed by atoms with Gasteiger partial charge in [-0.15, -0.1) is 0 Å². The quantitative estimate of drug-likeness (QED) is 0.144. The summed E-state index contributed by atoms with van der Waals surface area (Å²) in [7, 11) is 0. The van der Waals surface area contributed by atoms with Crippen LogP contribution in [-0.4, -0.2) is 33.4 Å². The molecule has 1 aliphatic rings. The van der Waals surface area contributed by atoms with Crippen LogP contribution in [0.15, 0.2) is 42.5 Å².